The van der Waals surface area contributed by atoms with Gasteiger partial charge in [0.05, 0.1) is 5.69 Å². The molecule has 1 aromatic heterocycles. The fraction of sp³-hybridized carbons (Fsp3) is 0.118. The summed E-state index contributed by atoms with van der Waals surface area (Å²) in [6.45, 7) is 3.45. The van der Waals surface area contributed by atoms with Crippen molar-refractivity contribution in [3.63, 3.8) is 0 Å². The van der Waals surface area contributed by atoms with Gasteiger partial charge >= 0.3 is 12.0 Å². The summed E-state index contributed by atoms with van der Waals surface area (Å²) in [5.74, 6) is -1.36. The molecular weight excluding hydrogens is 372 g/mol. The summed E-state index contributed by atoms with van der Waals surface area (Å²) in [4.78, 5) is 27.3. The molecule has 0 radical (unpaired) electrons. The highest BCUT2D eigenvalue weighted by Crippen LogP contribution is 2.36. The molecule has 2 aromatic rings. The van der Waals surface area contributed by atoms with Gasteiger partial charge in [-0.15, -0.1) is 0 Å². The summed E-state index contributed by atoms with van der Waals surface area (Å²) < 4.78 is 31.0. The van der Waals surface area contributed by atoms with Crippen molar-refractivity contribution in [1.82, 2.24) is 4.98 Å². The molecule has 0 atom stereocenters. The number of aliphatic imine (C=N–C) groups is 3. The Balaban J connectivity index is 1.77. The zero-order chi connectivity index (χ0) is 20.1. The number of benzene rings is 1. The highest BCUT2D eigenvalue weighted by atomic mass is 19.3. The van der Waals surface area contributed by atoms with Crippen molar-refractivity contribution in [2.24, 2.45) is 15.0 Å². The Labute approximate surface area is 158 Å². The predicted octanol–water partition coefficient (Wildman–Crippen LogP) is 2.57. The number of carbonyl (C=O) groups excluding carboxylic acids is 1. The lowest BCUT2D eigenvalue weighted by molar-refractivity contribution is -0.189. The van der Waals surface area contributed by atoms with E-state index in [-0.39, 0.29) is 23.4 Å². The summed E-state index contributed by atoms with van der Waals surface area (Å²) >= 11 is 0. The van der Waals surface area contributed by atoms with Gasteiger partial charge in [0, 0.05) is 30.8 Å². The maximum absolute atomic E-state index is 13.3. The van der Waals surface area contributed by atoms with Crippen LogP contribution in [0.5, 0.6) is 5.75 Å². The quantitative estimate of drug-likeness (QED) is 0.542. The van der Waals surface area contributed by atoms with Crippen LogP contribution in [0.25, 0.3) is 0 Å². The normalized spacial score (nSPS) is 15.8. The molecule has 1 amide bonds. The number of hydrogen-bond acceptors (Lipinski definition) is 4. The molecule has 0 fully saturated rings. The van der Waals surface area contributed by atoms with Gasteiger partial charge in [0.2, 0.25) is 11.9 Å². The summed E-state index contributed by atoms with van der Waals surface area (Å²) in [5, 5.41) is 7.93. The first-order valence-corrected chi connectivity index (χ1v) is 7.90. The summed E-state index contributed by atoms with van der Waals surface area (Å²) in [6.07, 6.45) is -0.711. The van der Waals surface area contributed by atoms with Gasteiger partial charge in [-0.1, -0.05) is 0 Å². The van der Waals surface area contributed by atoms with Gasteiger partial charge in [-0.2, -0.15) is 13.8 Å². The number of amides is 1. The first-order chi connectivity index (χ1) is 13.4. The van der Waals surface area contributed by atoms with Crippen molar-refractivity contribution in [2.45, 2.75) is 6.11 Å². The van der Waals surface area contributed by atoms with Crippen molar-refractivity contribution >= 4 is 41.6 Å². The van der Waals surface area contributed by atoms with Gasteiger partial charge in [0.25, 0.3) is 0 Å². The molecule has 0 aliphatic carbocycles. The van der Waals surface area contributed by atoms with Gasteiger partial charge in [-0.25, -0.2) is 4.99 Å². The van der Waals surface area contributed by atoms with E-state index in [0.29, 0.717) is 11.4 Å². The Morgan fingerprint density at radius 1 is 1.18 bits per heavy atom. The zero-order valence-electron chi connectivity index (χ0n) is 14.6. The van der Waals surface area contributed by atoms with E-state index < -0.39 is 12.0 Å². The molecule has 0 spiro atoms. The second-order valence-electron chi connectivity index (χ2n) is 5.41. The standard InChI is InChI=1S/C17H15F2N7O2/c1-20-15(23-10-5-7-22-8-6-10)26-16(21-2)24-11-3-4-13-12(9-11)25-14(27)17(18,19)28-13/h3-9H,1H2,2H3,(H,25,27)(H2,21,22,23,24,26). The molecule has 1 aliphatic heterocycles. The lowest BCUT2D eigenvalue weighted by Crippen LogP contribution is -2.43. The van der Waals surface area contributed by atoms with Crippen LogP contribution in [0.15, 0.2) is 57.7 Å². The van der Waals surface area contributed by atoms with Gasteiger partial charge in [0.1, 0.15) is 0 Å². The lowest BCUT2D eigenvalue weighted by atomic mass is 10.2. The Kier molecular flexibility index (Phi) is 5.25. The third-order valence-electron chi connectivity index (χ3n) is 3.50. The molecule has 28 heavy (non-hydrogen) atoms. The monoisotopic (exact) mass is 387 g/mol. The number of ether oxygens (including phenoxy) is 1. The third-order valence-corrected chi connectivity index (χ3v) is 3.50. The Morgan fingerprint density at radius 2 is 1.89 bits per heavy atom. The SMILES string of the molecule is C=NC(=NC(=NC)Nc1ccc2c(c1)NC(=O)C(F)(F)O2)Nc1ccncc1. The molecule has 3 N–H and O–H groups in total. The van der Waals surface area contributed by atoms with Crippen LogP contribution in [0.3, 0.4) is 0 Å². The fourth-order valence-electron chi connectivity index (χ4n) is 2.20. The van der Waals surface area contributed by atoms with Gasteiger partial charge in [-0.05, 0) is 37.0 Å². The van der Waals surface area contributed by atoms with Crippen LogP contribution in [0.1, 0.15) is 0 Å². The molecule has 144 valence electrons. The maximum atomic E-state index is 13.3. The minimum atomic E-state index is -3.91. The van der Waals surface area contributed by atoms with Gasteiger partial charge in [-0.3, -0.25) is 14.8 Å². The zero-order valence-corrected chi connectivity index (χ0v) is 14.6. The molecule has 0 saturated heterocycles. The second kappa shape index (κ2) is 7.78. The molecule has 11 heteroatoms. The van der Waals surface area contributed by atoms with E-state index in [1.54, 1.807) is 24.5 Å². The number of halogens is 2. The number of rotatable bonds is 2. The number of pyridine rings is 1. The molecule has 1 aromatic carbocycles. The van der Waals surface area contributed by atoms with E-state index in [0.717, 1.165) is 0 Å². The lowest BCUT2D eigenvalue weighted by Gasteiger charge is -2.25. The molecule has 3 rings (SSSR count). The number of nitrogens with zero attached hydrogens (tertiary/aromatic N) is 4. The number of anilines is 3. The summed E-state index contributed by atoms with van der Waals surface area (Å²) in [6, 6.07) is 7.63. The van der Waals surface area contributed by atoms with E-state index in [9.17, 15) is 13.6 Å². The number of fused-ring (bicyclic) bond motifs is 1. The van der Waals surface area contributed by atoms with Crippen LogP contribution in [-0.4, -0.2) is 42.7 Å². The van der Waals surface area contributed by atoms with Crippen LogP contribution >= 0.6 is 0 Å². The van der Waals surface area contributed by atoms with Crippen LogP contribution in [-0.2, 0) is 4.79 Å². The van der Waals surface area contributed by atoms with E-state index in [2.05, 4.69) is 47.4 Å². The highest BCUT2D eigenvalue weighted by molar-refractivity contribution is 6.08. The molecule has 0 unspecified atom stereocenters. The predicted molar refractivity (Wildman–Crippen MR) is 102 cm³/mol. The Morgan fingerprint density at radius 3 is 2.57 bits per heavy atom. The van der Waals surface area contributed by atoms with Gasteiger partial charge in [0.15, 0.2) is 5.75 Å². The molecule has 0 saturated carbocycles. The summed E-state index contributed by atoms with van der Waals surface area (Å²) in [7, 11) is 1.50. The first-order valence-electron chi connectivity index (χ1n) is 7.90. The van der Waals surface area contributed by atoms with Crippen LogP contribution in [0, 0.1) is 0 Å². The van der Waals surface area contributed by atoms with Crippen molar-refractivity contribution in [1.29, 1.82) is 0 Å². The smallest absolute Gasteiger partial charge is 0.423 e. The number of nitrogens with one attached hydrogen (secondary N) is 3. The van der Waals surface area contributed by atoms with Crippen molar-refractivity contribution in [3.05, 3.63) is 42.7 Å². The van der Waals surface area contributed by atoms with E-state index in [1.807, 2.05) is 0 Å². The molecule has 0 bridgehead atoms. The number of aromatic nitrogens is 1. The minimum absolute atomic E-state index is 0.0948. The van der Waals surface area contributed by atoms with E-state index >= 15 is 0 Å². The molecular formula is C17H15F2N7O2. The topological polar surface area (TPSA) is 112 Å². The molecule has 9 nitrogen and oxygen atoms in total. The average molecular weight is 387 g/mol. The first kappa shape index (κ1) is 18.9. The fourth-order valence-corrected chi connectivity index (χ4v) is 2.20. The minimum Gasteiger partial charge on any atom is -0.423 e. The van der Waals surface area contributed by atoms with Gasteiger partial charge < -0.3 is 20.7 Å². The second-order valence-corrected chi connectivity index (χ2v) is 5.41. The van der Waals surface area contributed by atoms with Crippen LogP contribution in [0.4, 0.5) is 25.8 Å². The third kappa shape index (κ3) is 4.26. The van der Waals surface area contributed by atoms with Crippen molar-refractivity contribution < 1.29 is 18.3 Å². The molecule has 2 heterocycles. The molecule has 1 aliphatic rings. The summed E-state index contributed by atoms with van der Waals surface area (Å²) in [5.41, 5.74) is 1.23. The van der Waals surface area contributed by atoms with Crippen LogP contribution < -0.4 is 20.7 Å². The van der Waals surface area contributed by atoms with Crippen LogP contribution in [0.2, 0.25) is 0 Å². The van der Waals surface area contributed by atoms with Crippen molar-refractivity contribution in [3.8, 4) is 5.75 Å². The number of carbonyl (C=O) groups is 1. The maximum Gasteiger partial charge on any atom is 0.482 e. The number of guanidine groups is 2. The highest BCUT2D eigenvalue weighted by Gasteiger charge is 2.46. The number of alkyl halides is 2. The van der Waals surface area contributed by atoms with E-state index in [4.69, 9.17) is 0 Å². The van der Waals surface area contributed by atoms with E-state index in [1.165, 1.54) is 25.2 Å². The number of hydrogen-bond donors (Lipinski definition) is 3. The largest absolute Gasteiger partial charge is 0.482 e. The Hall–Kier alpha value is -3.89. The average Bonchev–Trinajstić information content (AvgIpc) is 2.68. The van der Waals surface area contributed by atoms with Crippen molar-refractivity contribution in [2.75, 3.05) is 23.0 Å². The Bertz CT molecular complexity index is 961.